The molecule has 8 heteroatoms. The number of methoxy groups -OCH3 is 1. The molecule has 1 aromatic carbocycles. The lowest BCUT2D eigenvalue weighted by molar-refractivity contribution is 0.407. The van der Waals surface area contributed by atoms with Crippen molar-refractivity contribution in [3.8, 4) is 17.2 Å². The lowest BCUT2D eigenvalue weighted by atomic mass is 10.1. The van der Waals surface area contributed by atoms with Crippen LogP contribution in [0.3, 0.4) is 0 Å². The highest BCUT2D eigenvalue weighted by Gasteiger charge is 2.13. The minimum Gasteiger partial charge on any atom is -0.508 e. The highest BCUT2D eigenvalue weighted by atomic mass is 32.2. The summed E-state index contributed by atoms with van der Waals surface area (Å²) in [7, 11) is 1.66. The van der Waals surface area contributed by atoms with Crippen LogP contribution in [0.4, 0.5) is 0 Å². The number of thioether (sulfide) groups is 1. The molecule has 0 radical (unpaired) electrons. The summed E-state index contributed by atoms with van der Waals surface area (Å²) in [6.07, 6.45) is 1.81. The van der Waals surface area contributed by atoms with Gasteiger partial charge in [-0.25, -0.2) is 0 Å². The third-order valence-corrected chi connectivity index (χ3v) is 4.55. The molecule has 0 aliphatic heterocycles. The third-order valence-electron chi connectivity index (χ3n) is 3.62. The van der Waals surface area contributed by atoms with Crippen molar-refractivity contribution in [3.05, 3.63) is 47.3 Å². The van der Waals surface area contributed by atoms with Gasteiger partial charge in [-0.15, -0.1) is 5.10 Å². The van der Waals surface area contributed by atoms with Crippen molar-refractivity contribution in [3.63, 3.8) is 0 Å². The van der Waals surface area contributed by atoms with Gasteiger partial charge in [-0.1, -0.05) is 11.8 Å². The minimum absolute atomic E-state index is 0.201. The summed E-state index contributed by atoms with van der Waals surface area (Å²) < 4.78 is 7.07. The predicted molar refractivity (Wildman–Crippen MR) is 90.6 cm³/mol. The summed E-state index contributed by atoms with van der Waals surface area (Å²) in [5, 5.41) is 21.9. The lowest BCUT2D eigenvalue weighted by Gasteiger charge is -2.11. The van der Waals surface area contributed by atoms with Gasteiger partial charge in [0.15, 0.2) is 0 Å². The van der Waals surface area contributed by atoms with Crippen molar-refractivity contribution in [1.29, 1.82) is 0 Å². The van der Waals surface area contributed by atoms with Gasteiger partial charge in [0.05, 0.1) is 18.5 Å². The molecule has 0 spiro atoms. The molecule has 0 unspecified atom stereocenters. The summed E-state index contributed by atoms with van der Waals surface area (Å²) in [6.45, 7) is 3.97. The van der Waals surface area contributed by atoms with Gasteiger partial charge < -0.3 is 9.84 Å². The second kappa shape index (κ2) is 6.88. The molecule has 0 atom stereocenters. The molecular formula is C16H17N5O2S. The Morgan fingerprint density at radius 1 is 1.21 bits per heavy atom. The predicted octanol–water partition coefficient (Wildman–Crippen LogP) is 2.68. The molecule has 0 bridgehead atoms. The van der Waals surface area contributed by atoms with E-state index >= 15 is 0 Å². The van der Waals surface area contributed by atoms with Gasteiger partial charge in [0.25, 0.3) is 0 Å². The number of phenolic OH excluding ortho intramolecular Hbond substituents is 1. The Labute approximate surface area is 143 Å². The van der Waals surface area contributed by atoms with Gasteiger partial charge in [-0.3, -0.25) is 4.98 Å². The molecule has 0 amide bonds. The average molecular weight is 343 g/mol. The average Bonchev–Trinajstić information content (AvgIpc) is 3.04. The van der Waals surface area contributed by atoms with Crippen LogP contribution in [0.1, 0.15) is 16.8 Å². The van der Waals surface area contributed by atoms with Crippen LogP contribution >= 0.6 is 11.8 Å². The molecule has 0 fully saturated rings. The SMILES string of the molecule is COc1c(C)cnc(CSc2nnnn2-c2ccc(O)cc2)c1C. The number of phenols is 1. The summed E-state index contributed by atoms with van der Waals surface area (Å²) >= 11 is 1.49. The van der Waals surface area contributed by atoms with E-state index in [9.17, 15) is 5.11 Å². The number of nitrogens with zero attached hydrogens (tertiary/aromatic N) is 5. The van der Waals surface area contributed by atoms with Crippen LogP contribution in [0.2, 0.25) is 0 Å². The number of rotatable bonds is 5. The molecule has 3 rings (SSSR count). The normalized spacial score (nSPS) is 10.8. The number of aromatic nitrogens is 5. The van der Waals surface area contributed by atoms with Crippen LogP contribution in [0.25, 0.3) is 5.69 Å². The molecule has 2 aromatic heterocycles. The Morgan fingerprint density at radius 2 is 1.96 bits per heavy atom. The second-order valence-corrected chi connectivity index (χ2v) is 6.17. The van der Waals surface area contributed by atoms with Crippen LogP contribution in [-0.4, -0.2) is 37.4 Å². The maximum Gasteiger partial charge on any atom is 0.214 e. The molecule has 3 aromatic rings. The zero-order valence-electron chi connectivity index (χ0n) is 13.6. The van der Waals surface area contributed by atoms with E-state index in [1.54, 1.807) is 36.1 Å². The van der Waals surface area contributed by atoms with Crippen LogP contribution in [0.5, 0.6) is 11.5 Å². The molecule has 0 saturated heterocycles. The van der Waals surface area contributed by atoms with Crippen molar-refractivity contribution in [2.75, 3.05) is 7.11 Å². The van der Waals surface area contributed by atoms with E-state index in [1.807, 2.05) is 20.0 Å². The molecule has 0 aliphatic carbocycles. The fourth-order valence-corrected chi connectivity index (χ4v) is 3.29. The highest BCUT2D eigenvalue weighted by Crippen LogP contribution is 2.29. The van der Waals surface area contributed by atoms with Gasteiger partial charge in [0.1, 0.15) is 11.5 Å². The largest absolute Gasteiger partial charge is 0.508 e. The van der Waals surface area contributed by atoms with Crippen LogP contribution in [-0.2, 0) is 5.75 Å². The van der Waals surface area contributed by atoms with E-state index < -0.39 is 0 Å². The fourth-order valence-electron chi connectivity index (χ4n) is 2.37. The molecule has 0 saturated carbocycles. The molecule has 1 N–H and O–H groups in total. The Kier molecular flexibility index (Phi) is 4.66. The van der Waals surface area contributed by atoms with Crippen LogP contribution < -0.4 is 4.74 Å². The smallest absolute Gasteiger partial charge is 0.214 e. The number of aromatic hydroxyl groups is 1. The number of benzene rings is 1. The monoisotopic (exact) mass is 343 g/mol. The molecule has 124 valence electrons. The first-order valence-corrected chi connectivity index (χ1v) is 8.28. The lowest BCUT2D eigenvalue weighted by Crippen LogP contribution is -2.01. The Balaban J connectivity index is 1.82. The van der Waals surface area contributed by atoms with E-state index in [0.29, 0.717) is 10.9 Å². The first kappa shape index (κ1) is 16.3. The van der Waals surface area contributed by atoms with Gasteiger partial charge >= 0.3 is 0 Å². The van der Waals surface area contributed by atoms with Crippen molar-refractivity contribution in [2.24, 2.45) is 0 Å². The number of ether oxygens (including phenoxy) is 1. The molecular weight excluding hydrogens is 326 g/mol. The van der Waals surface area contributed by atoms with Crippen molar-refractivity contribution in [1.82, 2.24) is 25.2 Å². The maximum absolute atomic E-state index is 9.39. The molecule has 0 aliphatic rings. The van der Waals surface area contributed by atoms with E-state index in [2.05, 4.69) is 20.5 Å². The number of hydrogen-bond acceptors (Lipinski definition) is 7. The van der Waals surface area contributed by atoms with E-state index in [4.69, 9.17) is 4.74 Å². The summed E-state index contributed by atoms with van der Waals surface area (Å²) in [5.74, 6) is 1.69. The Morgan fingerprint density at radius 3 is 2.67 bits per heavy atom. The Hall–Kier alpha value is -2.61. The molecule has 7 nitrogen and oxygen atoms in total. The van der Waals surface area contributed by atoms with E-state index in [1.165, 1.54) is 11.8 Å². The van der Waals surface area contributed by atoms with Gasteiger partial charge in [0.2, 0.25) is 5.16 Å². The zero-order valence-corrected chi connectivity index (χ0v) is 14.4. The number of hydrogen-bond donors (Lipinski definition) is 1. The van der Waals surface area contributed by atoms with Crippen LogP contribution in [0.15, 0.2) is 35.6 Å². The van der Waals surface area contributed by atoms with Gasteiger partial charge in [0, 0.05) is 23.1 Å². The zero-order chi connectivity index (χ0) is 17.1. The maximum atomic E-state index is 9.39. The first-order chi connectivity index (χ1) is 11.6. The molecule has 24 heavy (non-hydrogen) atoms. The number of tetrazole rings is 1. The fraction of sp³-hybridized carbons (Fsp3) is 0.250. The van der Waals surface area contributed by atoms with Crippen molar-refractivity contribution in [2.45, 2.75) is 24.8 Å². The quantitative estimate of drug-likeness (QED) is 0.713. The number of aryl methyl sites for hydroxylation is 1. The van der Waals surface area contributed by atoms with Crippen molar-refractivity contribution >= 4 is 11.8 Å². The summed E-state index contributed by atoms with van der Waals surface area (Å²) in [5.41, 5.74) is 3.75. The van der Waals surface area contributed by atoms with Gasteiger partial charge in [-0.2, -0.15) is 4.68 Å². The standard InChI is InChI=1S/C16H17N5O2S/c1-10-8-17-14(11(2)15(10)23-3)9-24-16-18-19-20-21(16)12-4-6-13(22)7-5-12/h4-8,22H,9H2,1-3H3. The first-order valence-electron chi connectivity index (χ1n) is 7.30. The second-order valence-electron chi connectivity index (χ2n) is 5.22. The minimum atomic E-state index is 0.201. The van der Waals surface area contributed by atoms with E-state index in [-0.39, 0.29) is 5.75 Å². The van der Waals surface area contributed by atoms with Crippen LogP contribution in [0, 0.1) is 13.8 Å². The Bertz CT molecular complexity index is 848. The third kappa shape index (κ3) is 3.18. The topological polar surface area (TPSA) is 86.0 Å². The van der Waals surface area contributed by atoms with Crippen molar-refractivity contribution < 1.29 is 9.84 Å². The number of pyridine rings is 1. The summed E-state index contributed by atoms with van der Waals surface area (Å²) in [6, 6.07) is 6.71. The molecule has 2 heterocycles. The van der Waals surface area contributed by atoms with Gasteiger partial charge in [-0.05, 0) is 48.5 Å². The summed E-state index contributed by atoms with van der Waals surface area (Å²) in [4.78, 5) is 4.49. The van der Waals surface area contributed by atoms with E-state index in [0.717, 1.165) is 28.3 Å². The highest BCUT2D eigenvalue weighted by molar-refractivity contribution is 7.98.